The van der Waals surface area contributed by atoms with Crippen molar-refractivity contribution < 1.29 is 4.79 Å². The van der Waals surface area contributed by atoms with Gasteiger partial charge in [-0.3, -0.25) is 4.79 Å². The van der Waals surface area contributed by atoms with Crippen LogP contribution in [0.15, 0.2) is 0 Å². The average molecular weight is 153 g/mol. The summed E-state index contributed by atoms with van der Waals surface area (Å²) in [5, 5.41) is 0. The summed E-state index contributed by atoms with van der Waals surface area (Å²) in [4.78, 5) is 10.4. The van der Waals surface area contributed by atoms with Crippen LogP contribution in [0, 0.1) is 0 Å². The van der Waals surface area contributed by atoms with E-state index in [4.69, 9.17) is 11.6 Å². The van der Waals surface area contributed by atoms with E-state index < -0.39 is 0 Å². The SMILES string of the molecule is CCSC(Cl)C(C)=O. The minimum absolute atomic E-state index is 0.0403. The molecule has 0 aliphatic carbocycles. The Kier molecular flexibility index (Phi) is 4.38. The van der Waals surface area contributed by atoms with Crippen LogP contribution in [-0.2, 0) is 4.79 Å². The van der Waals surface area contributed by atoms with Crippen molar-refractivity contribution >= 4 is 29.1 Å². The van der Waals surface area contributed by atoms with E-state index in [1.165, 1.54) is 18.7 Å². The van der Waals surface area contributed by atoms with Crippen LogP contribution < -0.4 is 0 Å². The van der Waals surface area contributed by atoms with Crippen LogP contribution in [0.25, 0.3) is 0 Å². The number of Topliss-reactive ketones (excluding diaryl/α,β-unsaturated/α-hetero) is 1. The highest BCUT2D eigenvalue weighted by atomic mass is 35.5. The van der Waals surface area contributed by atoms with Gasteiger partial charge in [-0.1, -0.05) is 6.92 Å². The number of ketones is 1. The minimum Gasteiger partial charge on any atom is -0.297 e. The number of hydrogen-bond acceptors (Lipinski definition) is 2. The number of carbonyl (C=O) groups excluding carboxylic acids is 1. The number of rotatable bonds is 3. The standard InChI is InChI=1S/C5H9ClOS/c1-3-8-5(6)4(2)7/h5H,3H2,1-2H3. The highest BCUT2D eigenvalue weighted by Gasteiger charge is 2.07. The molecule has 3 heteroatoms. The molecule has 1 unspecified atom stereocenters. The van der Waals surface area contributed by atoms with Gasteiger partial charge in [0, 0.05) is 0 Å². The zero-order chi connectivity index (χ0) is 6.57. The molecule has 0 spiro atoms. The Bertz CT molecular complexity index is 84.5. The van der Waals surface area contributed by atoms with Crippen molar-refractivity contribution in [2.75, 3.05) is 5.75 Å². The van der Waals surface area contributed by atoms with Gasteiger partial charge in [-0.2, -0.15) is 0 Å². The molecule has 1 atom stereocenters. The van der Waals surface area contributed by atoms with Gasteiger partial charge < -0.3 is 0 Å². The lowest BCUT2D eigenvalue weighted by Crippen LogP contribution is -2.04. The molecule has 0 N–H and O–H groups in total. The Balaban J connectivity index is 3.32. The van der Waals surface area contributed by atoms with Gasteiger partial charge >= 0.3 is 0 Å². The van der Waals surface area contributed by atoms with E-state index in [1.807, 2.05) is 6.92 Å². The van der Waals surface area contributed by atoms with E-state index in [-0.39, 0.29) is 10.5 Å². The van der Waals surface area contributed by atoms with Gasteiger partial charge in [0.15, 0.2) is 5.78 Å². The van der Waals surface area contributed by atoms with Crippen molar-refractivity contribution in [1.29, 1.82) is 0 Å². The summed E-state index contributed by atoms with van der Waals surface area (Å²) in [6, 6.07) is 0. The topological polar surface area (TPSA) is 17.1 Å². The molecule has 0 aromatic heterocycles. The lowest BCUT2D eigenvalue weighted by molar-refractivity contribution is -0.115. The molecular weight excluding hydrogens is 144 g/mol. The molecule has 0 bridgehead atoms. The van der Waals surface area contributed by atoms with Crippen LogP contribution in [0.1, 0.15) is 13.8 Å². The first kappa shape index (κ1) is 8.31. The van der Waals surface area contributed by atoms with Crippen molar-refractivity contribution in [2.45, 2.75) is 18.6 Å². The Morgan fingerprint density at radius 2 is 2.38 bits per heavy atom. The summed E-state index contributed by atoms with van der Waals surface area (Å²) in [5.74, 6) is 0.937. The van der Waals surface area contributed by atoms with E-state index in [0.29, 0.717) is 0 Å². The number of halogens is 1. The predicted molar refractivity (Wildman–Crippen MR) is 38.5 cm³/mol. The largest absolute Gasteiger partial charge is 0.297 e. The number of alkyl halides is 1. The fourth-order valence-corrected chi connectivity index (χ4v) is 1.17. The molecular formula is C5H9ClOS. The second-order valence-electron chi connectivity index (χ2n) is 1.38. The number of thioether (sulfide) groups is 1. The first-order chi connectivity index (χ1) is 3.68. The van der Waals surface area contributed by atoms with E-state index >= 15 is 0 Å². The van der Waals surface area contributed by atoms with Gasteiger partial charge in [0.2, 0.25) is 0 Å². The van der Waals surface area contributed by atoms with E-state index in [2.05, 4.69) is 0 Å². The van der Waals surface area contributed by atoms with Gasteiger partial charge in [-0.25, -0.2) is 0 Å². The average Bonchev–Trinajstić information content (AvgIpc) is 1.67. The van der Waals surface area contributed by atoms with E-state index in [9.17, 15) is 4.79 Å². The Morgan fingerprint density at radius 3 is 2.50 bits per heavy atom. The molecule has 48 valence electrons. The summed E-state index contributed by atoms with van der Waals surface area (Å²) >= 11 is 6.98. The summed E-state index contributed by atoms with van der Waals surface area (Å²) in [6.07, 6.45) is 0. The lowest BCUT2D eigenvalue weighted by atomic mass is 10.5. The third-order valence-electron chi connectivity index (χ3n) is 0.633. The van der Waals surface area contributed by atoms with Crippen molar-refractivity contribution in [1.82, 2.24) is 0 Å². The minimum atomic E-state index is -0.333. The Labute approximate surface area is 58.8 Å². The molecule has 0 fully saturated rings. The first-order valence-corrected chi connectivity index (χ1v) is 3.93. The van der Waals surface area contributed by atoms with Crippen LogP contribution >= 0.6 is 23.4 Å². The predicted octanol–water partition coefficient (Wildman–Crippen LogP) is 1.89. The van der Waals surface area contributed by atoms with Crippen molar-refractivity contribution in [2.24, 2.45) is 0 Å². The second-order valence-corrected chi connectivity index (χ2v) is 3.46. The number of hydrogen-bond donors (Lipinski definition) is 0. The highest BCUT2D eigenvalue weighted by Crippen LogP contribution is 2.14. The fraction of sp³-hybridized carbons (Fsp3) is 0.800. The van der Waals surface area contributed by atoms with Crippen LogP contribution in [0.2, 0.25) is 0 Å². The quantitative estimate of drug-likeness (QED) is 0.575. The Hall–Kier alpha value is 0.310. The molecule has 0 aliphatic heterocycles. The molecule has 1 nitrogen and oxygen atoms in total. The molecule has 0 amide bonds. The zero-order valence-corrected chi connectivity index (χ0v) is 6.55. The van der Waals surface area contributed by atoms with Gasteiger partial charge in [0.1, 0.15) is 4.71 Å². The van der Waals surface area contributed by atoms with E-state index in [1.54, 1.807) is 0 Å². The summed E-state index contributed by atoms with van der Waals surface area (Å²) in [5.41, 5.74) is 0. The molecule has 0 saturated heterocycles. The van der Waals surface area contributed by atoms with Crippen LogP contribution in [0.4, 0.5) is 0 Å². The van der Waals surface area contributed by atoms with Crippen molar-refractivity contribution in [3.8, 4) is 0 Å². The van der Waals surface area contributed by atoms with E-state index in [0.717, 1.165) is 5.75 Å². The maximum absolute atomic E-state index is 10.4. The third-order valence-corrected chi connectivity index (χ3v) is 2.28. The monoisotopic (exact) mass is 152 g/mol. The normalized spacial score (nSPS) is 13.4. The lowest BCUT2D eigenvalue weighted by Gasteiger charge is -1.99. The highest BCUT2D eigenvalue weighted by molar-refractivity contribution is 8.01. The summed E-state index contributed by atoms with van der Waals surface area (Å²) in [7, 11) is 0. The summed E-state index contributed by atoms with van der Waals surface area (Å²) in [6.45, 7) is 3.48. The maximum atomic E-state index is 10.4. The molecule has 0 aliphatic rings. The van der Waals surface area contributed by atoms with Crippen molar-refractivity contribution in [3.63, 3.8) is 0 Å². The maximum Gasteiger partial charge on any atom is 0.157 e. The zero-order valence-electron chi connectivity index (χ0n) is 4.98. The van der Waals surface area contributed by atoms with Crippen molar-refractivity contribution in [3.05, 3.63) is 0 Å². The first-order valence-electron chi connectivity index (χ1n) is 2.44. The Morgan fingerprint density at radius 1 is 1.88 bits per heavy atom. The molecule has 0 heterocycles. The van der Waals surface area contributed by atoms with Gasteiger partial charge in [0.05, 0.1) is 0 Å². The molecule has 0 saturated carbocycles. The molecule has 0 radical (unpaired) electrons. The smallest absolute Gasteiger partial charge is 0.157 e. The van der Waals surface area contributed by atoms with Crippen LogP contribution in [0.3, 0.4) is 0 Å². The summed E-state index contributed by atoms with van der Waals surface area (Å²) < 4.78 is -0.333. The fourth-order valence-electron chi connectivity index (χ4n) is 0.264. The van der Waals surface area contributed by atoms with Gasteiger partial charge in [0.25, 0.3) is 0 Å². The second kappa shape index (κ2) is 4.21. The van der Waals surface area contributed by atoms with Crippen LogP contribution in [-0.4, -0.2) is 16.2 Å². The van der Waals surface area contributed by atoms with Gasteiger partial charge in [-0.15, -0.1) is 23.4 Å². The molecule has 8 heavy (non-hydrogen) atoms. The molecule has 0 aromatic carbocycles. The van der Waals surface area contributed by atoms with Gasteiger partial charge in [-0.05, 0) is 12.7 Å². The number of carbonyl (C=O) groups is 1. The molecule has 0 aromatic rings. The molecule has 0 rings (SSSR count). The third kappa shape index (κ3) is 3.33. The van der Waals surface area contributed by atoms with Crippen LogP contribution in [0.5, 0.6) is 0 Å².